The lowest BCUT2D eigenvalue weighted by Gasteiger charge is -2.32. The quantitative estimate of drug-likeness (QED) is 0.161. The van der Waals surface area contributed by atoms with Crippen molar-refractivity contribution in [2.24, 2.45) is 0 Å². The van der Waals surface area contributed by atoms with Gasteiger partial charge in [0.1, 0.15) is 5.75 Å². The molecule has 0 fully saturated rings. The number of benzene rings is 6. The summed E-state index contributed by atoms with van der Waals surface area (Å²) in [5.41, 5.74) is 21.9. The highest BCUT2D eigenvalue weighted by Crippen LogP contribution is 2.56. The Bertz CT molecular complexity index is 2380. The van der Waals surface area contributed by atoms with Crippen LogP contribution in [0.4, 0.5) is 0 Å². The third-order valence-electron chi connectivity index (χ3n) is 12.7. The summed E-state index contributed by atoms with van der Waals surface area (Å²) in [6, 6.07) is 39.2. The van der Waals surface area contributed by atoms with E-state index in [1.807, 2.05) is 0 Å². The standard InChI is InChI=1S/C52H56N2O/c1-32-11-15-41-42-16-12-33(2)25-46(42)51(7,45(41)24-32)40-23-36(5)21-38(29-40)30-54(20-19-53(9)10)31-39-22-37(6)28-49(50(39)55)52(8)47-26-34(3)13-17-43(47)44-18-14-35(4)27-48(44)52/h11-18,21-29,55H,19-20,30-31H2,1-10H3. The molecule has 6 aromatic rings. The number of nitrogens with zero attached hydrogens (tertiary/aromatic N) is 2. The zero-order valence-corrected chi connectivity index (χ0v) is 34.5. The molecule has 2 aliphatic rings. The Morgan fingerprint density at radius 1 is 0.455 bits per heavy atom. The van der Waals surface area contributed by atoms with Crippen LogP contribution in [-0.2, 0) is 23.9 Å². The van der Waals surface area contributed by atoms with E-state index >= 15 is 0 Å². The van der Waals surface area contributed by atoms with E-state index in [0.717, 1.165) is 30.8 Å². The Balaban J connectivity index is 1.20. The summed E-state index contributed by atoms with van der Waals surface area (Å²) < 4.78 is 0. The van der Waals surface area contributed by atoms with Gasteiger partial charge in [-0.1, -0.05) is 137 Å². The van der Waals surface area contributed by atoms with Crippen molar-refractivity contribution in [3.63, 3.8) is 0 Å². The Kier molecular flexibility index (Phi) is 9.18. The number of fused-ring (bicyclic) bond motifs is 6. The van der Waals surface area contributed by atoms with Gasteiger partial charge in [0.2, 0.25) is 0 Å². The molecule has 0 unspecified atom stereocenters. The third kappa shape index (κ3) is 6.22. The van der Waals surface area contributed by atoms with Crippen LogP contribution in [0.15, 0.2) is 103 Å². The number of hydrogen-bond donors (Lipinski definition) is 1. The Hall–Kier alpha value is -4.96. The molecule has 6 aromatic carbocycles. The minimum atomic E-state index is -0.479. The van der Waals surface area contributed by atoms with Crippen molar-refractivity contribution < 1.29 is 5.11 Å². The highest BCUT2D eigenvalue weighted by Gasteiger charge is 2.44. The zero-order chi connectivity index (χ0) is 39.0. The van der Waals surface area contributed by atoms with Crippen molar-refractivity contribution >= 4 is 0 Å². The lowest BCUT2D eigenvalue weighted by Crippen LogP contribution is -2.32. The highest BCUT2D eigenvalue weighted by molar-refractivity contribution is 5.85. The SMILES string of the molecule is Cc1cc(CN(CCN(C)C)Cc2cc(C)cc(C3(C)c4cc(C)ccc4-c4ccc(C)cc43)c2O)cc(C2(C)c3cc(C)ccc3-c3ccc(C)cc32)c1. The van der Waals surface area contributed by atoms with Crippen molar-refractivity contribution in [3.05, 3.63) is 181 Å². The lowest BCUT2D eigenvalue weighted by molar-refractivity contribution is 0.223. The first-order valence-electron chi connectivity index (χ1n) is 19.9. The molecule has 2 aliphatic carbocycles. The fraction of sp³-hybridized carbons (Fsp3) is 0.308. The molecule has 0 saturated heterocycles. The van der Waals surface area contributed by atoms with Gasteiger partial charge in [-0.3, -0.25) is 4.90 Å². The van der Waals surface area contributed by atoms with Crippen LogP contribution in [0.25, 0.3) is 22.3 Å². The molecule has 1 N–H and O–H groups in total. The lowest BCUT2D eigenvalue weighted by atomic mass is 9.72. The molecular formula is C52H56N2O. The van der Waals surface area contributed by atoms with E-state index in [4.69, 9.17) is 0 Å². The van der Waals surface area contributed by atoms with Gasteiger partial charge in [-0.15, -0.1) is 0 Å². The Morgan fingerprint density at radius 3 is 1.36 bits per heavy atom. The predicted octanol–water partition coefficient (Wildman–Crippen LogP) is 11.5. The zero-order valence-electron chi connectivity index (χ0n) is 34.5. The van der Waals surface area contributed by atoms with Crippen LogP contribution in [0.1, 0.15) is 91.7 Å². The van der Waals surface area contributed by atoms with Crippen LogP contribution >= 0.6 is 0 Å². The molecule has 0 amide bonds. The van der Waals surface area contributed by atoms with Gasteiger partial charge in [0.15, 0.2) is 0 Å². The summed E-state index contributed by atoms with van der Waals surface area (Å²) >= 11 is 0. The molecule has 280 valence electrons. The van der Waals surface area contributed by atoms with E-state index in [9.17, 15) is 5.11 Å². The van der Waals surface area contributed by atoms with Gasteiger partial charge >= 0.3 is 0 Å². The number of aryl methyl sites for hydroxylation is 6. The molecule has 0 saturated carbocycles. The molecular weight excluding hydrogens is 669 g/mol. The number of hydrogen-bond acceptors (Lipinski definition) is 3. The van der Waals surface area contributed by atoms with Crippen molar-refractivity contribution in [1.82, 2.24) is 9.80 Å². The Morgan fingerprint density at radius 2 is 0.891 bits per heavy atom. The first-order valence-corrected chi connectivity index (χ1v) is 19.9. The van der Waals surface area contributed by atoms with Gasteiger partial charge < -0.3 is 10.0 Å². The number of likely N-dealkylation sites (N-methyl/N-ethyl adjacent to an activating group) is 1. The van der Waals surface area contributed by atoms with Gasteiger partial charge in [0.25, 0.3) is 0 Å². The Labute approximate surface area is 329 Å². The maximum atomic E-state index is 12.5. The smallest absolute Gasteiger partial charge is 0.124 e. The summed E-state index contributed by atoms with van der Waals surface area (Å²) in [5.74, 6) is 0.409. The molecule has 8 rings (SSSR count). The molecule has 3 nitrogen and oxygen atoms in total. The van der Waals surface area contributed by atoms with Gasteiger partial charge in [0.05, 0.1) is 0 Å². The van der Waals surface area contributed by atoms with Crippen LogP contribution in [0.3, 0.4) is 0 Å². The first-order chi connectivity index (χ1) is 26.2. The molecule has 3 heteroatoms. The van der Waals surface area contributed by atoms with Gasteiger partial charge in [-0.05, 0) is 125 Å². The minimum Gasteiger partial charge on any atom is -0.507 e. The van der Waals surface area contributed by atoms with Gasteiger partial charge in [-0.25, -0.2) is 0 Å². The highest BCUT2D eigenvalue weighted by atomic mass is 16.3. The van der Waals surface area contributed by atoms with Crippen molar-refractivity contribution in [2.75, 3.05) is 27.2 Å². The van der Waals surface area contributed by atoms with Crippen LogP contribution in [-0.4, -0.2) is 42.1 Å². The second-order valence-corrected chi connectivity index (χ2v) is 17.5. The van der Waals surface area contributed by atoms with Crippen LogP contribution in [0.2, 0.25) is 0 Å². The molecule has 0 aromatic heterocycles. The van der Waals surface area contributed by atoms with E-state index in [0.29, 0.717) is 12.3 Å². The topological polar surface area (TPSA) is 26.7 Å². The molecule has 0 spiro atoms. The van der Waals surface area contributed by atoms with E-state index in [1.54, 1.807) is 0 Å². The van der Waals surface area contributed by atoms with Crippen LogP contribution in [0.5, 0.6) is 5.75 Å². The normalized spacial score (nSPS) is 14.6. The van der Waals surface area contributed by atoms with E-state index in [1.165, 1.54) is 89.0 Å². The fourth-order valence-electron chi connectivity index (χ4n) is 9.77. The first kappa shape index (κ1) is 37.0. The second kappa shape index (κ2) is 13.7. The average Bonchev–Trinajstić information content (AvgIpc) is 3.52. The monoisotopic (exact) mass is 724 g/mol. The largest absolute Gasteiger partial charge is 0.507 e. The molecule has 0 bridgehead atoms. The summed E-state index contributed by atoms with van der Waals surface area (Å²) in [7, 11) is 4.29. The summed E-state index contributed by atoms with van der Waals surface area (Å²) in [5, 5.41) is 12.5. The molecule has 0 radical (unpaired) electrons. The molecule has 55 heavy (non-hydrogen) atoms. The number of phenols is 1. The van der Waals surface area contributed by atoms with Gasteiger partial charge in [-0.2, -0.15) is 0 Å². The van der Waals surface area contributed by atoms with Crippen molar-refractivity contribution in [3.8, 4) is 28.0 Å². The number of aromatic hydroxyl groups is 1. The average molecular weight is 725 g/mol. The maximum Gasteiger partial charge on any atom is 0.124 e. The summed E-state index contributed by atoms with van der Waals surface area (Å²) in [4.78, 5) is 4.78. The molecule has 0 heterocycles. The predicted molar refractivity (Wildman–Crippen MR) is 231 cm³/mol. The summed E-state index contributed by atoms with van der Waals surface area (Å²) in [6.07, 6.45) is 0. The number of phenolic OH excluding ortho intramolecular Hbond substituents is 1. The van der Waals surface area contributed by atoms with Crippen molar-refractivity contribution in [2.45, 2.75) is 79.3 Å². The minimum absolute atomic E-state index is 0.262. The second-order valence-electron chi connectivity index (χ2n) is 17.5. The van der Waals surface area contributed by atoms with E-state index in [2.05, 4.69) is 182 Å². The van der Waals surface area contributed by atoms with Crippen molar-refractivity contribution in [1.29, 1.82) is 0 Å². The van der Waals surface area contributed by atoms with E-state index < -0.39 is 5.41 Å². The third-order valence-corrected chi connectivity index (χ3v) is 12.7. The van der Waals surface area contributed by atoms with Gasteiger partial charge in [0, 0.05) is 48.1 Å². The van der Waals surface area contributed by atoms with Crippen LogP contribution in [0, 0.1) is 41.5 Å². The molecule has 0 atom stereocenters. The molecule has 0 aliphatic heterocycles. The number of rotatable bonds is 9. The maximum absolute atomic E-state index is 12.5. The van der Waals surface area contributed by atoms with E-state index in [-0.39, 0.29) is 5.41 Å². The van der Waals surface area contributed by atoms with Crippen LogP contribution < -0.4 is 0 Å². The fourth-order valence-corrected chi connectivity index (χ4v) is 9.77. The summed E-state index contributed by atoms with van der Waals surface area (Å²) in [6.45, 7) is 21.1.